The van der Waals surface area contributed by atoms with Gasteiger partial charge in [0.05, 0.1) is 10.6 Å². The summed E-state index contributed by atoms with van der Waals surface area (Å²) in [5.74, 6) is -0.834. The van der Waals surface area contributed by atoms with Crippen LogP contribution in [0.1, 0.15) is 0 Å². The van der Waals surface area contributed by atoms with E-state index in [-0.39, 0.29) is 21.4 Å². The summed E-state index contributed by atoms with van der Waals surface area (Å²) in [6, 6.07) is 13.6. The standard InChI is InChI=1S/C10H9NO7S2.C10H9NO3S/c11-9-7-2-1-6(19(13,14)15)3-5(7)4-8(10(9)12)20(16,17)18;11-9-5-6-10(15(12,13)14)8-4-2-1-3-7(8)9/h1-4,12H,11H2,(H,13,14,15)(H,16,17,18);1-6H,11H2,(H,12,13,14). The van der Waals surface area contributed by atoms with E-state index in [9.17, 15) is 30.4 Å². The minimum Gasteiger partial charge on any atom is -0.504 e. The van der Waals surface area contributed by atoms with Crippen LogP contribution in [0.5, 0.6) is 5.75 Å². The smallest absolute Gasteiger partial charge is 0.298 e. The van der Waals surface area contributed by atoms with Crippen LogP contribution in [0, 0.1) is 0 Å². The molecule has 0 unspecified atom stereocenters. The Bertz CT molecular complexity index is 1800. The first-order valence-corrected chi connectivity index (χ1v) is 13.6. The molecule has 0 saturated heterocycles. The summed E-state index contributed by atoms with van der Waals surface area (Å²) >= 11 is 0. The van der Waals surface area contributed by atoms with Gasteiger partial charge in [0, 0.05) is 21.8 Å². The highest BCUT2D eigenvalue weighted by Crippen LogP contribution is 2.37. The van der Waals surface area contributed by atoms with E-state index in [4.69, 9.17) is 25.1 Å². The summed E-state index contributed by atoms with van der Waals surface area (Å²) in [4.78, 5) is -1.45. The maximum Gasteiger partial charge on any atom is 0.298 e. The van der Waals surface area contributed by atoms with Crippen LogP contribution in [-0.4, -0.2) is 44.0 Å². The largest absolute Gasteiger partial charge is 0.504 e. The van der Waals surface area contributed by atoms with Gasteiger partial charge in [0.2, 0.25) is 0 Å². The molecule has 0 saturated carbocycles. The van der Waals surface area contributed by atoms with Crippen molar-refractivity contribution in [2.45, 2.75) is 14.7 Å². The fraction of sp³-hybridized carbons (Fsp3) is 0. The van der Waals surface area contributed by atoms with E-state index in [1.165, 1.54) is 18.2 Å². The van der Waals surface area contributed by atoms with Crippen molar-refractivity contribution in [3.63, 3.8) is 0 Å². The van der Waals surface area contributed by atoms with Crippen LogP contribution < -0.4 is 11.5 Å². The summed E-state index contributed by atoms with van der Waals surface area (Å²) in [6.07, 6.45) is 0. The molecule has 0 spiro atoms. The summed E-state index contributed by atoms with van der Waals surface area (Å²) in [7, 11) is -13.4. The van der Waals surface area contributed by atoms with Gasteiger partial charge in [0.15, 0.2) is 5.75 Å². The third-order valence-corrected chi connectivity index (χ3v) is 7.49. The van der Waals surface area contributed by atoms with Crippen molar-refractivity contribution < 1.29 is 44.0 Å². The van der Waals surface area contributed by atoms with Crippen molar-refractivity contribution >= 4 is 63.3 Å². The predicted molar refractivity (Wildman–Crippen MR) is 128 cm³/mol. The molecule has 0 aliphatic rings. The number of aromatic hydroxyl groups is 1. The van der Waals surface area contributed by atoms with E-state index >= 15 is 0 Å². The molecule has 0 bridgehead atoms. The van der Waals surface area contributed by atoms with Crippen molar-refractivity contribution in [1.29, 1.82) is 0 Å². The number of hydrogen-bond donors (Lipinski definition) is 6. The van der Waals surface area contributed by atoms with Gasteiger partial charge in [-0.2, -0.15) is 25.3 Å². The fourth-order valence-electron chi connectivity index (χ4n) is 3.25. The van der Waals surface area contributed by atoms with Gasteiger partial charge in [0.25, 0.3) is 30.4 Å². The zero-order valence-corrected chi connectivity index (χ0v) is 19.8. The zero-order valence-electron chi connectivity index (χ0n) is 17.4. The second-order valence-electron chi connectivity index (χ2n) is 7.14. The van der Waals surface area contributed by atoms with Crippen molar-refractivity contribution in [3.8, 4) is 5.75 Å². The second kappa shape index (κ2) is 8.95. The topological polar surface area (TPSA) is 235 Å². The molecule has 0 heterocycles. The molecule has 35 heavy (non-hydrogen) atoms. The minimum atomic E-state index is -4.74. The molecular weight excluding hydrogens is 524 g/mol. The first kappa shape index (κ1) is 26.1. The third-order valence-electron chi connectivity index (χ3n) is 4.86. The normalized spacial score (nSPS) is 12.3. The van der Waals surface area contributed by atoms with Gasteiger partial charge in [-0.3, -0.25) is 13.7 Å². The van der Waals surface area contributed by atoms with E-state index < -0.39 is 45.9 Å². The Hall–Kier alpha value is -3.47. The summed E-state index contributed by atoms with van der Waals surface area (Å²) in [5, 5.41) is 10.9. The summed E-state index contributed by atoms with van der Waals surface area (Å²) in [5.41, 5.74) is 11.4. The maximum absolute atomic E-state index is 11.1. The van der Waals surface area contributed by atoms with Gasteiger partial charge in [-0.15, -0.1) is 0 Å². The highest BCUT2D eigenvalue weighted by molar-refractivity contribution is 7.86. The van der Waals surface area contributed by atoms with Crippen LogP contribution >= 0.6 is 0 Å². The number of nitrogens with two attached hydrogens (primary N) is 2. The maximum atomic E-state index is 11.1. The fourth-order valence-corrected chi connectivity index (χ4v) is 5.09. The Labute approximate surface area is 199 Å². The number of phenolic OH excluding ortho intramolecular Hbond substituents is 1. The number of rotatable bonds is 3. The molecule has 12 nitrogen and oxygen atoms in total. The van der Waals surface area contributed by atoms with Crippen LogP contribution in [0.3, 0.4) is 0 Å². The first-order valence-electron chi connectivity index (χ1n) is 9.26. The highest BCUT2D eigenvalue weighted by atomic mass is 32.2. The molecule has 0 amide bonds. The first-order chi connectivity index (χ1) is 16.0. The molecule has 0 aliphatic heterocycles. The molecule has 186 valence electrons. The van der Waals surface area contributed by atoms with Crippen LogP contribution in [0.4, 0.5) is 11.4 Å². The molecule has 4 aromatic rings. The van der Waals surface area contributed by atoms with Gasteiger partial charge in [-0.05, 0) is 35.7 Å². The molecule has 0 radical (unpaired) electrons. The number of hydrogen-bond acceptors (Lipinski definition) is 9. The lowest BCUT2D eigenvalue weighted by atomic mass is 10.1. The predicted octanol–water partition coefficient (Wildman–Crippen LogP) is 2.29. The molecule has 0 fully saturated rings. The van der Waals surface area contributed by atoms with Crippen LogP contribution in [0.15, 0.2) is 75.4 Å². The molecule has 0 aromatic heterocycles. The molecular formula is C20H18N2O10S3. The summed E-state index contributed by atoms with van der Waals surface area (Å²) < 4.78 is 93.3. The van der Waals surface area contributed by atoms with Gasteiger partial charge in [-0.25, -0.2) is 0 Å². The average Bonchev–Trinajstić information content (AvgIpc) is 2.74. The molecule has 8 N–H and O–H groups in total. The molecule has 4 rings (SSSR count). The Morgan fingerprint density at radius 1 is 0.600 bits per heavy atom. The van der Waals surface area contributed by atoms with Crippen molar-refractivity contribution in [2.75, 3.05) is 11.5 Å². The Morgan fingerprint density at radius 3 is 1.71 bits per heavy atom. The summed E-state index contributed by atoms with van der Waals surface area (Å²) in [6.45, 7) is 0. The van der Waals surface area contributed by atoms with Crippen LogP contribution in [-0.2, 0) is 30.4 Å². The minimum absolute atomic E-state index is 0.0167. The molecule has 0 atom stereocenters. The lowest BCUT2D eigenvalue weighted by molar-refractivity contribution is 0.446. The van der Waals surface area contributed by atoms with Crippen LogP contribution in [0.25, 0.3) is 21.5 Å². The lowest BCUT2D eigenvalue weighted by Crippen LogP contribution is -2.02. The van der Waals surface area contributed by atoms with Gasteiger partial charge in [0.1, 0.15) is 9.79 Å². The number of nitrogen functional groups attached to an aromatic ring is 2. The molecule has 4 aromatic carbocycles. The number of fused-ring (bicyclic) bond motifs is 2. The lowest BCUT2D eigenvalue weighted by Gasteiger charge is -2.09. The number of phenols is 1. The second-order valence-corrected chi connectivity index (χ2v) is 11.3. The Kier molecular flexibility index (Phi) is 6.69. The van der Waals surface area contributed by atoms with Crippen molar-refractivity contribution in [2.24, 2.45) is 0 Å². The van der Waals surface area contributed by atoms with E-state index in [2.05, 4.69) is 0 Å². The van der Waals surface area contributed by atoms with E-state index in [1.54, 1.807) is 24.3 Å². The van der Waals surface area contributed by atoms with E-state index in [0.29, 0.717) is 16.5 Å². The van der Waals surface area contributed by atoms with Gasteiger partial charge in [-0.1, -0.05) is 30.3 Å². The van der Waals surface area contributed by atoms with Crippen molar-refractivity contribution in [3.05, 3.63) is 60.7 Å². The number of benzene rings is 4. The quantitative estimate of drug-likeness (QED) is 0.124. The van der Waals surface area contributed by atoms with Crippen LogP contribution in [0.2, 0.25) is 0 Å². The highest BCUT2D eigenvalue weighted by Gasteiger charge is 2.21. The van der Waals surface area contributed by atoms with E-state index in [0.717, 1.165) is 18.2 Å². The van der Waals surface area contributed by atoms with Gasteiger partial charge >= 0.3 is 0 Å². The zero-order chi connectivity index (χ0) is 26.3. The van der Waals surface area contributed by atoms with E-state index in [1.807, 2.05) is 0 Å². The van der Waals surface area contributed by atoms with Gasteiger partial charge < -0.3 is 16.6 Å². The SMILES string of the molecule is Nc1c(O)c(S(=O)(=O)O)cc2cc(S(=O)(=O)O)ccc12.Nc1ccc(S(=O)(=O)O)c2ccccc12. The average molecular weight is 543 g/mol. The molecule has 15 heteroatoms. The monoisotopic (exact) mass is 542 g/mol. The third kappa shape index (κ3) is 5.45. The molecule has 0 aliphatic carbocycles. The Balaban J connectivity index is 0.000000203. The Morgan fingerprint density at radius 2 is 1.17 bits per heavy atom. The van der Waals surface area contributed by atoms with Crippen molar-refractivity contribution in [1.82, 2.24) is 0 Å². The number of anilines is 2.